The van der Waals surface area contributed by atoms with Crippen LogP contribution in [0.15, 0.2) is 6.07 Å². The van der Waals surface area contributed by atoms with Gasteiger partial charge in [0.25, 0.3) is 6.43 Å². The molecule has 0 N–H and O–H groups in total. The summed E-state index contributed by atoms with van der Waals surface area (Å²) < 4.78 is 35.1. The van der Waals surface area contributed by atoms with Gasteiger partial charge in [-0.15, -0.1) is 0 Å². The summed E-state index contributed by atoms with van der Waals surface area (Å²) in [6.45, 7) is 0. The van der Waals surface area contributed by atoms with Crippen molar-refractivity contribution in [3.8, 4) is 11.8 Å². The van der Waals surface area contributed by atoms with Gasteiger partial charge in [-0.05, 0) is 22.6 Å². The lowest BCUT2D eigenvalue weighted by atomic mass is 10.3. The zero-order valence-corrected chi connectivity index (χ0v) is 9.71. The molecule has 1 rings (SSSR count). The third-order valence-corrected chi connectivity index (χ3v) is 2.46. The first-order valence-corrected chi connectivity index (χ1v) is 4.74. The molecule has 1 aromatic heterocycles. The summed E-state index contributed by atoms with van der Waals surface area (Å²) in [5.41, 5.74) is -0.200. The summed E-state index contributed by atoms with van der Waals surface area (Å²) in [6.07, 6.45) is -2.60. The zero-order valence-electron chi connectivity index (χ0n) is 7.55. The molecular weight excluding hydrogens is 307 g/mol. The summed E-state index contributed by atoms with van der Waals surface area (Å²) in [5, 5.41) is 0. The molecule has 0 aliphatic rings. The molecular formula is C8H8F2INO2. The fraction of sp³-hybridized carbons (Fsp3) is 0.375. The molecule has 1 aromatic rings. The fourth-order valence-electron chi connectivity index (χ4n) is 0.939. The van der Waals surface area contributed by atoms with E-state index in [2.05, 4.69) is 4.98 Å². The second kappa shape index (κ2) is 4.72. The Kier molecular flexibility index (Phi) is 3.85. The van der Waals surface area contributed by atoms with Crippen molar-refractivity contribution in [3.63, 3.8) is 0 Å². The van der Waals surface area contributed by atoms with Crippen LogP contribution in [-0.2, 0) is 0 Å². The molecule has 0 radical (unpaired) electrons. The van der Waals surface area contributed by atoms with Crippen molar-refractivity contribution in [1.29, 1.82) is 0 Å². The van der Waals surface area contributed by atoms with Gasteiger partial charge < -0.3 is 9.47 Å². The molecule has 3 nitrogen and oxygen atoms in total. The van der Waals surface area contributed by atoms with Gasteiger partial charge in [-0.3, -0.25) is 0 Å². The molecule has 0 aliphatic heterocycles. The maximum atomic E-state index is 12.5. The Bertz CT molecular complexity index is 333. The van der Waals surface area contributed by atoms with Gasteiger partial charge in [0.2, 0.25) is 11.8 Å². The predicted octanol–water partition coefficient (Wildman–Crippen LogP) is 2.64. The number of alkyl halides is 2. The van der Waals surface area contributed by atoms with Crippen LogP contribution < -0.4 is 9.47 Å². The second-order valence-corrected chi connectivity index (χ2v) is 3.53. The molecule has 14 heavy (non-hydrogen) atoms. The number of ether oxygens (including phenoxy) is 2. The summed E-state index contributed by atoms with van der Waals surface area (Å²) in [4.78, 5) is 3.76. The van der Waals surface area contributed by atoms with Gasteiger partial charge in [-0.25, -0.2) is 8.78 Å². The smallest absolute Gasteiger partial charge is 0.270 e. The van der Waals surface area contributed by atoms with Crippen LogP contribution in [0.5, 0.6) is 11.8 Å². The van der Waals surface area contributed by atoms with Crippen molar-refractivity contribution in [2.45, 2.75) is 6.43 Å². The lowest BCUT2D eigenvalue weighted by Crippen LogP contribution is -2.00. The number of hydrogen-bond donors (Lipinski definition) is 0. The van der Waals surface area contributed by atoms with Crippen molar-refractivity contribution >= 4 is 22.6 Å². The molecule has 0 bridgehead atoms. The minimum absolute atomic E-state index is 0.0937. The van der Waals surface area contributed by atoms with Crippen molar-refractivity contribution in [3.05, 3.63) is 15.2 Å². The van der Waals surface area contributed by atoms with Crippen molar-refractivity contribution in [1.82, 2.24) is 4.98 Å². The first-order chi connectivity index (χ1) is 6.60. The molecule has 0 unspecified atom stereocenters. The third-order valence-electron chi connectivity index (χ3n) is 1.57. The molecule has 0 amide bonds. The minimum atomic E-state index is -2.60. The quantitative estimate of drug-likeness (QED) is 0.804. The Morgan fingerprint density at radius 3 is 2.43 bits per heavy atom. The standard InChI is InChI=1S/C8H8F2INO2/c1-13-5-3-4(11)6(7(9)10)8(12-5)14-2/h3,7H,1-2H3. The third kappa shape index (κ3) is 2.23. The highest BCUT2D eigenvalue weighted by Gasteiger charge is 2.20. The molecule has 0 saturated carbocycles. The molecule has 0 atom stereocenters. The van der Waals surface area contributed by atoms with Crippen molar-refractivity contribution < 1.29 is 18.3 Å². The topological polar surface area (TPSA) is 31.4 Å². The van der Waals surface area contributed by atoms with Gasteiger partial charge in [0, 0.05) is 9.64 Å². The first-order valence-electron chi connectivity index (χ1n) is 3.66. The van der Waals surface area contributed by atoms with Crippen molar-refractivity contribution in [2.75, 3.05) is 14.2 Å². The molecule has 0 aromatic carbocycles. The number of nitrogens with zero attached hydrogens (tertiary/aromatic N) is 1. The maximum absolute atomic E-state index is 12.5. The van der Waals surface area contributed by atoms with E-state index in [9.17, 15) is 8.78 Å². The largest absolute Gasteiger partial charge is 0.481 e. The van der Waals surface area contributed by atoms with Crippen molar-refractivity contribution in [2.24, 2.45) is 0 Å². The van der Waals surface area contributed by atoms with Crippen LogP contribution in [-0.4, -0.2) is 19.2 Å². The lowest BCUT2D eigenvalue weighted by Gasteiger charge is -2.10. The summed E-state index contributed by atoms with van der Waals surface area (Å²) in [7, 11) is 2.71. The van der Waals surface area contributed by atoms with E-state index >= 15 is 0 Å². The number of halogens is 3. The van der Waals surface area contributed by atoms with E-state index in [4.69, 9.17) is 9.47 Å². The number of rotatable bonds is 3. The molecule has 0 spiro atoms. The van der Waals surface area contributed by atoms with Gasteiger partial charge in [0.1, 0.15) is 0 Å². The van der Waals surface area contributed by atoms with E-state index in [1.54, 1.807) is 22.6 Å². The second-order valence-electron chi connectivity index (χ2n) is 2.37. The van der Waals surface area contributed by atoms with E-state index in [1.807, 2.05) is 0 Å². The SMILES string of the molecule is COc1cc(I)c(C(F)F)c(OC)n1. The molecule has 0 aliphatic carbocycles. The Labute approximate surface area is 93.6 Å². The molecule has 78 valence electrons. The summed E-state index contributed by atoms with van der Waals surface area (Å²) >= 11 is 1.79. The van der Waals surface area contributed by atoms with Gasteiger partial charge >= 0.3 is 0 Å². The average Bonchev–Trinajstić information content (AvgIpc) is 2.15. The predicted molar refractivity (Wildman–Crippen MR) is 55.0 cm³/mol. The Morgan fingerprint density at radius 1 is 1.36 bits per heavy atom. The van der Waals surface area contributed by atoms with Crippen LogP contribution in [0.2, 0.25) is 0 Å². The Hall–Kier alpha value is -0.660. The maximum Gasteiger partial charge on any atom is 0.270 e. The summed E-state index contributed by atoms with van der Waals surface area (Å²) in [6, 6.07) is 1.44. The highest BCUT2D eigenvalue weighted by atomic mass is 127. The number of aromatic nitrogens is 1. The number of methoxy groups -OCH3 is 2. The van der Waals surface area contributed by atoms with Crippen LogP contribution in [0.3, 0.4) is 0 Å². The van der Waals surface area contributed by atoms with Crippen LogP contribution in [0.1, 0.15) is 12.0 Å². The van der Waals surface area contributed by atoms with E-state index in [0.29, 0.717) is 3.57 Å². The van der Waals surface area contributed by atoms with Crippen LogP contribution in [0.4, 0.5) is 8.78 Å². The number of hydrogen-bond acceptors (Lipinski definition) is 3. The van der Waals surface area contributed by atoms with E-state index in [1.165, 1.54) is 20.3 Å². The normalized spacial score (nSPS) is 10.4. The van der Waals surface area contributed by atoms with Gasteiger partial charge in [-0.1, -0.05) is 0 Å². The molecule has 6 heteroatoms. The van der Waals surface area contributed by atoms with E-state index in [-0.39, 0.29) is 17.3 Å². The molecule has 0 fully saturated rings. The first kappa shape index (κ1) is 11.4. The van der Waals surface area contributed by atoms with E-state index < -0.39 is 6.43 Å². The van der Waals surface area contributed by atoms with Gasteiger partial charge in [0.05, 0.1) is 19.8 Å². The highest BCUT2D eigenvalue weighted by molar-refractivity contribution is 14.1. The van der Waals surface area contributed by atoms with Crippen LogP contribution >= 0.6 is 22.6 Å². The van der Waals surface area contributed by atoms with Crippen LogP contribution in [0, 0.1) is 3.57 Å². The number of pyridine rings is 1. The lowest BCUT2D eigenvalue weighted by molar-refractivity contribution is 0.144. The van der Waals surface area contributed by atoms with Gasteiger partial charge in [-0.2, -0.15) is 4.98 Å². The Balaban J connectivity index is 3.27. The highest BCUT2D eigenvalue weighted by Crippen LogP contribution is 2.33. The van der Waals surface area contributed by atoms with E-state index in [0.717, 1.165) is 0 Å². The van der Waals surface area contributed by atoms with Crippen LogP contribution in [0.25, 0.3) is 0 Å². The molecule has 1 heterocycles. The summed E-state index contributed by atoms with van der Waals surface area (Å²) in [5.74, 6) is 0.166. The molecule has 0 saturated heterocycles. The fourth-order valence-corrected chi connectivity index (χ4v) is 1.67. The Morgan fingerprint density at radius 2 is 2.00 bits per heavy atom. The zero-order chi connectivity index (χ0) is 10.7. The average molecular weight is 315 g/mol. The minimum Gasteiger partial charge on any atom is -0.481 e. The van der Waals surface area contributed by atoms with Gasteiger partial charge in [0.15, 0.2) is 0 Å². The monoisotopic (exact) mass is 315 g/mol.